The molecule has 16 atom stereocenters. The van der Waals surface area contributed by atoms with Crippen LogP contribution in [0.25, 0.3) is 0 Å². The summed E-state index contributed by atoms with van der Waals surface area (Å²) in [5, 5.41) is 0. The lowest BCUT2D eigenvalue weighted by molar-refractivity contribution is -0.893. The van der Waals surface area contributed by atoms with Gasteiger partial charge in [0.2, 0.25) is 0 Å². The number of quaternary nitrogens is 2. The van der Waals surface area contributed by atoms with E-state index in [1.807, 2.05) is 0 Å². The molecule has 0 N–H and O–H groups in total. The Morgan fingerprint density at radius 1 is 0.466 bits per heavy atom. The fourth-order valence-electron chi connectivity index (χ4n) is 20.0. The average Bonchev–Trinajstić information content (AvgIpc) is 3.85. The lowest BCUT2D eigenvalue weighted by Gasteiger charge is -2.58. The summed E-state index contributed by atoms with van der Waals surface area (Å²) in [7, 11) is 9.78. The lowest BCUT2D eigenvalue weighted by Crippen LogP contribution is -3.00. The fourth-order valence-corrected chi connectivity index (χ4v) is 20.0. The van der Waals surface area contributed by atoms with Gasteiger partial charge in [0.25, 0.3) is 0 Å². The number of unbranched alkanes of at least 4 members (excludes halogenated alkanes) is 2. The molecule has 0 radical (unpaired) electrons. The Hall–Kier alpha value is 0.280. The minimum Gasteiger partial charge on any atom is -1.00 e. The van der Waals surface area contributed by atoms with Gasteiger partial charge >= 0.3 is 0 Å². The maximum atomic E-state index is 6.79. The van der Waals surface area contributed by atoms with E-state index in [9.17, 15) is 0 Å². The summed E-state index contributed by atoms with van der Waals surface area (Å²) in [4.78, 5) is 0. The van der Waals surface area contributed by atoms with E-state index in [0.29, 0.717) is 33.9 Å². The monoisotopic (exact) mass is 1140 g/mol. The van der Waals surface area contributed by atoms with E-state index in [4.69, 9.17) is 9.47 Å². The number of hydrogen-bond acceptors (Lipinski definition) is 2. The van der Waals surface area contributed by atoms with Crippen molar-refractivity contribution in [3.05, 3.63) is 23.3 Å². The van der Waals surface area contributed by atoms with Gasteiger partial charge in [-0.15, -0.1) is 0 Å². The molecule has 0 aromatic heterocycles. The van der Waals surface area contributed by atoms with E-state index < -0.39 is 0 Å². The molecule has 6 fully saturated rings. The first-order valence-corrected chi connectivity index (χ1v) is 31.8. The topological polar surface area (TPSA) is 18.5 Å². The Bertz CT molecular complexity index is 1660. The number of rotatable bonds is 24. The molecule has 0 unspecified atom stereocenters. The highest BCUT2D eigenvalue weighted by atomic mass is 79.9. The third kappa shape index (κ3) is 13.9. The number of halogens is 2. The first-order chi connectivity index (χ1) is 33.6. The average molecular weight is 1150 g/mol. The molecule has 73 heavy (non-hydrogen) atoms. The summed E-state index contributed by atoms with van der Waals surface area (Å²) < 4.78 is 15.7. The molecule has 0 amide bonds. The lowest BCUT2D eigenvalue weighted by atomic mass is 9.47. The fraction of sp³-hybridized carbons (Fsp3) is 0.940. The van der Waals surface area contributed by atoms with Gasteiger partial charge in [0.05, 0.1) is 66.7 Å². The highest BCUT2D eigenvalue weighted by molar-refractivity contribution is 5.27. The van der Waals surface area contributed by atoms with Crippen LogP contribution in [-0.2, 0) is 9.47 Å². The van der Waals surface area contributed by atoms with Crippen molar-refractivity contribution in [2.75, 3.05) is 67.6 Å². The first kappa shape index (κ1) is 62.5. The molecular weight excluding hydrogens is 1020 g/mol. The van der Waals surface area contributed by atoms with Crippen LogP contribution >= 0.6 is 0 Å². The van der Waals surface area contributed by atoms with Crippen LogP contribution in [-0.4, -0.2) is 88.8 Å². The number of nitrogens with zero attached hydrogens (tertiary/aromatic N) is 2. The SMILES string of the molecule is CC(C)CCC[C@@H](C)[C@H]1CC[C@H]2[C@@H]3CC=C4C[C@@H](OCC[N+](C)(C)CCCCC[N+](C)(C)CCO[C@H]5CC[C@@]6(C)C(=CC[C@H]7[C@@H]8CC[C@H]([C@H](C)CCCC(C)C)[C@@]8(C)CC[C@@H]76)C5)CC[C@]4(C)[C@H]3CC[C@]12C.[Br-].[Br-]. The number of allylic oxidation sites excluding steroid dienone is 2. The molecule has 4 nitrogen and oxygen atoms in total. The second-order valence-corrected chi connectivity index (χ2v) is 30.9. The molecule has 8 aliphatic carbocycles. The molecule has 0 aliphatic heterocycles. The van der Waals surface area contributed by atoms with Crippen LogP contribution in [0.2, 0.25) is 0 Å². The van der Waals surface area contributed by atoms with Crippen molar-refractivity contribution in [1.82, 2.24) is 0 Å². The van der Waals surface area contributed by atoms with Crippen molar-refractivity contribution in [3.8, 4) is 0 Å². The summed E-state index contributed by atoms with van der Waals surface area (Å²) in [6, 6.07) is 0. The maximum Gasteiger partial charge on any atom is 0.102 e. The minimum atomic E-state index is 0. The molecule has 424 valence electrons. The second kappa shape index (κ2) is 25.8. The summed E-state index contributed by atoms with van der Waals surface area (Å²) >= 11 is 0. The Morgan fingerprint density at radius 2 is 0.863 bits per heavy atom. The quantitative estimate of drug-likeness (QED) is 0.0545. The van der Waals surface area contributed by atoms with Gasteiger partial charge < -0.3 is 52.4 Å². The zero-order chi connectivity index (χ0) is 51.0. The van der Waals surface area contributed by atoms with Gasteiger partial charge in [-0.2, -0.15) is 0 Å². The van der Waals surface area contributed by atoms with Crippen LogP contribution in [0.15, 0.2) is 23.3 Å². The van der Waals surface area contributed by atoms with Crippen molar-refractivity contribution >= 4 is 0 Å². The van der Waals surface area contributed by atoms with E-state index in [1.165, 1.54) is 174 Å². The highest BCUT2D eigenvalue weighted by Gasteiger charge is 2.61. The normalized spacial score (nSPS) is 38.9. The van der Waals surface area contributed by atoms with Crippen molar-refractivity contribution in [1.29, 1.82) is 0 Å². The number of likely N-dealkylation sites (N-methyl/N-ethyl adjacent to an activating group) is 2. The number of hydrogen-bond donors (Lipinski definition) is 0. The van der Waals surface area contributed by atoms with Gasteiger partial charge in [-0.3, -0.25) is 0 Å². The Morgan fingerprint density at radius 3 is 1.25 bits per heavy atom. The van der Waals surface area contributed by atoms with Crippen LogP contribution < -0.4 is 34.0 Å². The standard InChI is InChI=1S/C67H120N2O2.2BrH/c1-48(2)20-18-22-50(5)58-28-30-60-56-26-24-52-46-54(32-36-64(52,7)62(56)34-38-66(58,60)9)70-44-42-68(11,12)40-16-15-17-41-69(13,14)43-45-71-55-33-37-65(8)53(47-55)25-27-57-61-31-29-59(51(6)23-19-21-49(3)4)67(61,10)39-35-63(57)65;;/h24-25,48-51,54-63H,15-23,26-47H2,1-14H3;2*1H/q+2;;/p-2/t50-,51-,54+,55+,56+,57+,58-,59-,60+,61+,62+,63+,64+,65+,66-,67-;;/m1../s1. The highest BCUT2D eigenvalue weighted by Crippen LogP contribution is 2.69. The molecule has 0 aromatic carbocycles. The molecule has 0 heterocycles. The van der Waals surface area contributed by atoms with E-state index >= 15 is 0 Å². The third-order valence-corrected chi connectivity index (χ3v) is 24.6. The molecule has 8 rings (SSSR count). The van der Waals surface area contributed by atoms with Crippen molar-refractivity contribution < 1.29 is 52.4 Å². The van der Waals surface area contributed by atoms with Gasteiger partial charge in [0.1, 0.15) is 13.1 Å². The van der Waals surface area contributed by atoms with Crippen LogP contribution in [0.5, 0.6) is 0 Å². The summed E-state index contributed by atoms with van der Waals surface area (Å²) in [5.41, 5.74) is 5.57. The van der Waals surface area contributed by atoms with E-state index in [0.717, 1.165) is 106 Å². The van der Waals surface area contributed by atoms with Crippen LogP contribution in [0.1, 0.15) is 230 Å². The van der Waals surface area contributed by atoms with E-state index in [2.05, 4.69) is 110 Å². The van der Waals surface area contributed by atoms with Gasteiger partial charge in [0.15, 0.2) is 0 Å². The first-order valence-electron chi connectivity index (χ1n) is 31.8. The Balaban J connectivity index is 0.00000435. The number of fused-ring (bicyclic) bond motifs is 10. The van der Waals surface area contributed by atoms with Gasteiger partial charge in [-0.1, -0.05) is 131 Å². The smallest absolute Gasteiger partial charge is 0.102 e. The van der Waals surface area contributed by atoms with Crippen LogP contribution in [0, 0.1) is 92.7 Å². The molecule has 0 aromatic rings. The van der Waals surface area contributed by atoms with Gasteiger partial charge in [-0.25, -0.2) is 0 Å². The Labute approximate surface area is 475 Å². The summed E-state index contributed by atoms with van der Waals surface area (Å²) in [6.07, 6.45) is 41.1. The van der Waals surface area contributed by atoms with Crippen LogP contribution in [0.4, 0.5) is 0 Å². The molecule has 6 heteroatoms. The van der Waals surface area contributed by atoms with Gasteiger partial charge in [-0.05, 0) is 215 Å². The van der Waals surface area contributed by atoms with E-state index in [1.54, 1.807) is 11.1 Å². The van der Waals surface area contributed by atoms with Gasteiger partial charge in [0, 0.05) is 0 Å². The third-order valence-electron chi connectivity index (χ3n) is 24.6. The summed E-state index contributed by atoms with van der Waals surface area (Å²) in [5.74, 6) is 10.9. The molecular formula is C67H120Br2N2O2. The zero-order valence-corrected chi connectivity index (χ0v) is 53.8. The molecule has 0 bridgehead atoms. The van der Waals surface area contributed by atoms with Crippen molar-refractivity contribution in [2.45, 2.75) is 242 Å². The van der Waals surface area contributed by atoms with Crippen LogP contribution in [0.3, 0.4) is 0 Å². The molecule has 0 spiro atoms. The van der Waals surface area contributed by atoms with Crippen molar-refractivity contribution in [2.24, 2.45) is 92.7 Å². The summed E-state index contributed by atoms with van der Waals surface area (Å²) in [6.45, 7) is 32.3. The predicted octanol–water partition coefficient (Wildman–Crippen LogP) is 11.2. The van der Waals surface area contributed by atoms with E-state index in [-0.39, 0.29) is 34.0 Å². The largest absolute Gasteiger partial charge is 1.00 e. The second-order valence-electron chi connectivity index (χ2n) is 30.9. The van der Waals surface area contributed by atoms with Crippen molar-refractivity contribution in [3.63, 3.8) is 0 Å². The minimum absolute atomic E-state index is 0. The predicted molar refractivity (Wildman–Crippen MR) is 303 cm³/mol. The number of ether oxygens (including phenoxy) is 2. The Kier molecular flexibility index (Phi) is 22.1. The zero-order valence-electron chi connectivity index (χ0n) is 50.6. The molecule has 6 saturated carbocycles. The molecule has 0 saturated heterocycles. The maximum absolute atomic E-state index is 6.79. The molecule has 8 aliphatic rings.